The Morgan fingerprint density at radius 2 is 1.92 bits per heavy atom. The SMILES string of the molecule is C=CCN1C(=O)/C(=c2\sc3n(c2=O)[C@@H](c2ccccc2Cl)C(C(=O)OCC)=C(C)N=3)c2ccccc21. The minimum Gasteiger partial charge on any atom is -0.463 e. The quantitative estimate of drug-likeness (QED) is 0.382. The minimum absolute atomic E-state index is 0.170. The molecule has 0 unspecified atom stereocenters. The van der Waals surface area contributed by atoms with Crippen molar-refractivity contribution in [2.24, 2.45) is 4.99 Å². The summed E-state index contributed by atoms with van der Waals surface area (Å²) in [5.41, 5.74) is 2.52. The third-order valence-electron chi connectivity index (χ3n) is 6.15. The smallest absolute Gasteiger partial charge is 0.338 e. The zero-order valence-electron chi connectivity index (χ0n) is 19.7. The second-order valence-corrected chi connectivity index (χ2v) is 9.63. The summed E-state index contributed by atoms with van der Waals surface area (Å²) in [4.78, 5) is 47.2. The molecule has 1 aromatic heterocycles. The van der Waals surface area contributed by atoms with Gasteiger partial charge < -0.3 is 9.64 Å². The fourth-order valence-electron chi connectivity index (χ4n) is 4.64. The van der Waals surface area contributed by atoms with Gasteiger partial charge in [-0.25, -0.2) is 9.79 Å². The van der Waals surface area contributed by atoms with Crippen LogP contribution in [0.15, 0.2) is 82.2 Å². The summed E-state index contributed by atoms with van der Waals surface area (Å²) in [6.07, 6.45) is 1.64. The zero-order valence-corrected chi connectivity index (χ0v) is 21.2. The number of anilines is 1. The van der Waals surface area contributed by atoms with Crippen LogP contribution in [0.2, 0.25) is 5.02 Å². The molecule has 1 atom stereocenters. The molecule has 3 aromatic rings. The second kappa shape index (κ2) is 9.37. The van der Waals surface area contributed by atoms with Gasteiger partial charge >= 0.3 is 5.97 Å². The van der Waals surface area contributed by atoms with E-state index < -0.39 is 17.6 Å². The van der Waals surface area contributed by atoms with Crippen LogP contribution in [-0.2, 0) is 14.3 Å². The zero-order chi connectivity index (χ0) is 25.6. The Bertz CT molecular complexity index is 1650. The molecule has 0 fully saturated rings. The third-order valence-corrected chi connectivity index (χ3v) is 7.55. The lowest BCUT2D eigenvalue weighted by Crippen LogP contribution is -2.41. The van der Waals surface area contributed by atoms with Crippen molar-refractivity contribution in [1.82, 2.24) is 4.57 Å². The molecule has 9 heteroatoms. The van der Waals surface area contributed by atoms with Gasteiger partial charge in [0.1, 0.15) is 10.6 Å². The first-order valence-corrected chi connectivity index (χ1v) is 12.6. The number of allylic oxidation sites excluding steroid dienone is 1. The van der Waals surface area contributed by atoms with Crippen LogP contribution in [0.1, 0.15) is 31.0 Å². The molecular formula is C27H22ClN3O4S. The van der Waals surface area contributed by atoms with E-state index in [-0.39, 0.29) is 22.6 Å². The molecule has 0 radical (unpaired) electrons. The Morgan fingerprint density at radius 3 is 2.64 bits per heavy atom. The number of ether oxygens (including phenoxy) is 1. The van der Waals surface area contributed by atoms with Gasteiger partial charge in [-0.2, -0.15) is 0 Å². The van der Waals surface area contributed by atoms with Crippen LogP contribution >= 0.6 is 22.9 Å². The number of amides is 1. The number of benzene rings is 2. The van der Waals surface area contributed by atoms with Crippen LogP contribution in [-0.4, -0.2) is 29.6 Å². The van der Waals surface area contributed by atoms with Crippen molar-refractivity contribution in [2.75, 3.05) is 18.1 Å². The van der Waals surface area contributed by atoms with Gasteiger partial charge in [-0.15, -0.1) is 6.58 Å². The molecule has 5 rings (SSSR count). The van der Waals surface area contributed by atoms with Crippen LogP contribution in [0.3, 0.4) is 0 Å². The van der Waals surface area contributed by atoms with Crippen molar-refractivity contribution in [2.45, 2.75) is 19.9 Å². The number of carbonyl (C=O) groups is 2. The van der Waals surface area contributed by atoms with Gasteiger partial charge in [-0.05, 0) is 31.5 Å². The number of hydrogen-bond acceptors (Lipinski definition) is 6. The number of thiazole rings is 1. The first kappa shape index (κ1) is 24.0. The molecule has 0 aliphatic carbocycles. The van der Waals surface area contributed by atoms with E-state index in [1.165, 1.54) is 4.57 Å². The van der Waals surface area contributed by atoms with E-state index in [9.17, 15) is 14.4 Å². The van der Waals surface area contributed by atoms with Crippen molar-refractivity contribution in [3.8, 4) is 0 Å². The number of aromatic nitrogens is 1. The maximum absolute atomic E-state index is 14.0. The van der Waals surface area contributed by atoms with E-state index in [1.54, 1.807) is 49.1 Å². The predicted octanol–water partition coefficient (Wildman–Crippen LogP) is 3.35. The molecule has 0 spiro atoms. The monoisotopic (exact) mass is 519 g/mol. The Labute approximate surface area is 215 Å². The molecule has 182 valence electrons. The molecule has 36 heavy (non-hydrogen) atoms. The number of carbonyl (C=O) groups excluding carboxylic acids is 2. The van der Waals surface area contributed by atoms with Gasteiger partial charge in [0.15, 0.2) is 4.80 Å². The Morgan fingerprint density at radius 1 is 1.19 bits per heavy atom. The summed E-state index contributed by atoms with van der Waals surface area (Å²) >= 11 is 7.68. The van der Waals surface area contributed by atoms with Crippen LogP contribution in [0.25, 0.3) is 5.57 Å². The number of esters is 1. The molecule has 7 nitrogen and oxygen atoms in total. The maximum Gasteiger partial charge on any atom is 0.338 e. The molecule has 2 aliphatic heterocycles. The fraction of sp³-hybridized carbons (Fsp3) is 0.185. The topological polar surface area (TPSA) is 81.0 Å². The van der Waals surface area contributed by atoms with Crippen molar-refractivity contribution >= 4 is 46.1 Å². The highest BCUT2D eigenvalue weighted by Crippen LogP contribution is 2.36. The molecular weight excluding hydrogens is 498 g/mol. The van der Waals surface area contributed by atoms with Crippen molar-refractivity contribution in [1.29, 1.82) is 0 Å². The second-order valence-electron chi connectivity index (χ2n) is 8.24. The number of para-hydroxylation sites is 1. The molecule has 0 saturated heterocycles. The van der Waals surface area contributed by atoms with E-state index in [0.717, 1.165) is 11.3 Å². The molecule has 0 saturated carbocycles. The average Bonchev–Trinajstić information content (AvgIpc) is 3.32. The lowest BCUT2D eigenvalue weighted by atomic mass is 9.96. The van der Waals surface area contributed by atoms with Crippen LogP contribution in [0.4, 0.5) is 5.69 Å². The largest absolute Gasteiger partial charge is 0.463 e. The van der Waals surface area contributed by atoms with Crippen LogP contribution in [0, 0.1) is 0 Å². The number of hydrogen-bond donors (Lipinski definition) is 0. The maximum atomic E-state index is 14.0. The Kier molecular flexibility index (Phi) is 6.24. The van der Waals surface area contributed by atoms with Crippen molar-refractivity contribution < 1.29 is 14.3 Å². The fourth-order valence-corrected chi connectivity index (χ4v) is 6.02. The van der Waals surface area contributed by atoms with Gasteiger partial charge in [0.05, 0.1) is 29.1 Å². The number of halogens is 1. The summed E-state index contributed by atoms with van der Waals surface area (Å²) in [6.45, 7) is 7.66. The predicted molar refractivity (Wildman–Crippen MR) is 140 cm³/mol. The van der Waals surface area contributed by atoms with E-state index in [4.69, 9.17) is 16.3 Å². The summed E-state index contributed by atoms with van der Waals surface area (Å²) in [6, 6.07) is 13.5. The lowest BCUT2D eigenvalue weighted by molar-refractivity contribution is -0.139. The molecule has 2 aromatic carbocycles. The van der Waals surface area contributed by atoms with Gasteiger partial charge in [-0.1, -0.05) is 65.4 Å². The van der Waals surface area contributed by atoms with Gasteiger partial charge in [0, 0.05) is 17.1 Å². The Balaban J connectivity index is 1.84. The standard InChI is InChI=1S/C27H22ClN3O4S/c1-4-14-30-19-13-9-7-11-17(19)21(24(30)32)23-25(33)31-22(16-10-6-8-12-18(16)28)20(26(34)35-5-2)15(3)29-27(31)36-23/h4,6-13,22H,1,5,14H2,2-3H3/b23-21-/t22-/m0/s1. The van der Waals surface area contributed by atoms with Gasteiger partial charge in [-0.3, -0.25) is 14.2 Å². The first-order valence-electron chi connectivity index (χ1n) is 11.4. The summed E-state index contributed by atoms with van der Waals surface area (Å²) in [7, 11) is 0. The van der Waals surface area contributed by atoms with E-state index in [1.807, 2.05) is 24.3 Å². The molecule has 0 bridgehead atoms. The van der Waals surface area contributed by atoms with Crippen LogP contribution < -0.4 is 19.8 Å². The lowest BCUT2D eigenvalue weighted by Gasteiger charge is -2.25. The van der Waals surface area contributed by atoms with Gasteiger partial charge in [0.25, 0.3) is 11.5 Å². The minimum atomic E-state index is -0.848. The number of rotatable bonds is 5. The number of nitrogens with zero attached hydrogens (tertiary/aromatic N) is 3. The summed E-state index contributed by atoms with van der Waals surface area (Å²) in [5.74, 6) is -0.849. The highest BCUT2D eigenvalue weighted by Gasteiger charge is 2.37. The average molecular weight is 520 g/mol. The highest BCUT2D eigenvalue weighted by molar-refractivity contribution is 7.07. The van der Waals surface area contributed by atoms with Gasteiger partial charge in [0.2, 0.25) is 0 Å². The molecule has 2 aliphatic rings. The van der Waals surface area contributed by atoms with E-state index in [0.29, 0.717) is 44.5 Å². The van der Waals surface area contributed by atoms with Crippen molar-refractivity contribution in [3.63, 3.8) is 0 Å². The van der Waals surface area contributed by atoms with E-state index in [2.05, 4.69) is 11.6 Å². The number of fused-ring (bicyclic) bond motifs is 2. The van der Waals surface area contributed by atoms with Crippen molar-refractivity contribution in [3.05, 3.63) is 108 Å². The summed E-state index contributed by atoms with van der Waals surface area (Å²) in [5, 5.41) is 0.400. The highest BCUT2D eigenvalue weighted by atomic mass is 35.5. The Hall–Kier alpha value is -3.75. The molecule has 0 N–H and O–H groups in total. The summed E-state index contributed by atoms with van der Waals surface area (Å²) < 4.78 is 7.02. The first-order chi connectivity index (χ1) is 17.4. The molecule has 1 amide bonds. The molecule has 3 heterocycles. The normalized spacial score (nSPS) is 18.0. The van der Waals surface area contributed by atoms with Crippen LogP contribution in [0.5, 0.6) is 0 Å². The van der Waals surface area contributed by atoms with E-state index >= 15 is 0 Å². The third kappa shape index (κ3) is 3.65.